The molecule has 25 heavy (non-hydrogen) atoms. The van der Waals surface area contributed by atoms with E-state index in [0.717, 1.165) is 11.8 Å². The molecule has 0 aliphatic heterocycles. The van der Waals surface area contributed by atoms with E-state index in [0.29, 0.717) is 31.0 Å². The number of hydrogen-bond acceptors (Lipinski definition) is 6. The van der Waals surface area contributed by atoms with E-state index in [1.807, 2.05) is 12.1 Å². The molecule has 0 spiro atoms. The topological polar surface area (TPSA) is 109 Å². The Kier molecular flexibility index (Phi) is 5.93. The lowest BCUT2D eigenvalue weighted by molar-refractivity contribution is -0.385. The zero-order valence-electron chi connectivity index (χ0n) is 14.3. The highest BCUT2D eigenvalue weighted by atomic mass is 16.6. The summed E-state index contributed by atoms with van der Waals surface area (Å²) < 4.78 is 11.7. The zero-order chi connectivity index (χ0) is 18.4. The number of nitro groups is 1. The van der Waals surface area contributed by atoms with Gasteiger partial charge in [0.05, 0.1) is 19.1 Å². The molecule has 0 fully saturated rings. The summed E-state index contributed by atoms with van der Waals surface area (Å²) in [4.78, 5) is 22.7. The maximum atomic E-state index is 12.3. The van der Waals surface area contributed by atoms with Crippen molar-refractivity contribution in [2.24, 2.45) is 0 Å². The van der Waals surface area contributed by atoms with Crippen molar-refractivity contribution in [3.63, 3.8) is 0 Å². The summed E-state index contributed by atoms with van der Waals surface area (Å²) >= 11 is 0. The van der Waals surface area contributed by atoms with E-state index >= 15 is 0 Å². The molecule has 1 aromatic heterocycles. The van der Waals surface area contributed by atoms with E-state index in [4.69, 9.17) is 9.47 Å². The zero-order valence-corrected chi connectivity index (χ0v) is 14.3. The van der Waals surface area contributed by atoms with Crippen LogP contribution in [-0.4, -0.2) is 41.4 Å². The van der Waals surface area contributed by atoms with E-state index in [9.17, 15) is 14.9 Å². The lowest BCUT2D eigenvalue weighted by atomic mass is 10.1. The summed E-state index contributed by atoms with van der Waals surface area (Å²) in [5.74, 6) is 0.704. The Labute approximate surface area is 144 Å². The normalized spacial score (nSPS) is 10.4. The maximum absolute atomic E-state index is 12.3. The van der Waals surface area contributed by atoms with Gasteiger partial charge < -0.3 is 14.8 Å². The first-order valence-corrected chi connectivity index (χ1v) is 7.71. The van der Waals surface area contributed by atoms with Gasteiger partial charge in [0.1, 0.15) is 6.20 Å². The molecule has 2 rings (SSSR count). The minimum Gasteiger partial charge on any atom is -0.493 e. The predicted octanol–water partition coefficient (Wildman–Crippen LogP) is 1.80. The first-order chi connectivity index (χ1) is 12.0. The second kappa shape index (κ2) is 8.13. The molecule has 0 saturated carbocycles. The average Bonchev–Trinajstić information content (AvgIpc) is 3.05. The van der Waals surface area contributed by atoms with Crippen LogP contribution >= 0.6 is 0 Å². The highest BCUT2D eigenvalue weighted by Crippen LogP contribution is 2.27. The molecule has 0 atom stereocenters. The molecule has 134 valence electrons. The van der Waals surface area contributed by atoms with Crippen LogP contribution in [-0.2, 0) is 13.0 Å². The Morgan fingerprint density at radius 1 is 1.32 bits per heavy atom. The van der Waals surface area contributed by atoms with Gasteiger partial charge >= 0.3 is 5.69 Å². The van der Waals surface area contributed by atoms with Crippen molar-refractivity contribution < 1.29 is 19.2 Å². The van der Waals surface area contributed by atoms with Crippen molar-refractivity contribution in [2.75, 3.05) is 20.8 Å². The molecular weight excluding hydrogens is 328 g/mol. The number of ether oxygens (including phenoxy) is 2. The van der Waals surface area contributed by atoms with E-state index in [2.05, 4.69) is 10.4 Å². The molecule has 9 nitrogen and oxygen atoms in total. The lowest BCUT2D eigenvalue weighted by Gasteiger charge is -2.10. The Morgan fingerprint density at radius 3 is 2.64 bits per heavy atom. The van der Waals surface area contributed by atoms with E-state index in [1.165, 1.54) is 4.68 Å². The SMILES string of the molecule is CCn1ncc([N+](=O)[O-])c1C(=O)NCCc1ccc(OC)c(OC)c1. The second-order valence-corrected chi connectivity index (χ2v) is 5.15. The highest BCUT2D eigenvalue weighted by molar-refractivity contribution is 5.96. The largest absolute Gasteiger partial charge is 0.493 e. The van der Waals surface area contributed by atoms with Crippen molar-refractivity contribution >= 4 is 11.6 Å². The quantitative estimate of drug-likeness (QED) is 0.575. The van der Waals surface area contributed by atoms with Crippen molar-refractivity contribution in [2.45, 2.75) is 19.9 Å². The van der Waals surface area contributed by atoms with E-state index in [-0.39, 0.29) is 11.4 Å². The Bertz CT molecular complexity index is 772. The van der Waals surface area contributed by atoms with Gasteiger partial charge in [0.2, 0.25) is 5.69 Å². The van der Waals surface area contributed by atoms with Crippen LogP contribution in [0.4, 0.5) is 5.69 Å². The highest BCUT2D eigenvalue weighted by Gasteiger charge is 2.25. The number of aromatic nitrogens is 2. The van der Waals surface area contributed by atoms with Gasteiger partial charge in [0.25, 0.3) is 5.91 Å². The summed E-state index contributed by atoms with van der Waals surface area (Å²) in [5, 5.41) is 17.6. The summed E-state index contributed by atoms with van der Waals surface area (Å²) in [7, 11) is 3.11. The van der Waals surface area contributed by atoms with Crippen molar-refractivity contribution in [3.05, 3.63) is 45.8 Å². The van der Waals surface area contributed by atoms with Crippen LogP contribution in [0.2, 0.25) is 0 Å². The number of nitrogens with one attached hydrogen (secondary N) is 1. The molecule has 0 saturated heterocycles. The van der Waals surface area contributed by atoms with Gasteiger partial charge in [-0.05, 0) is 31.0 Å². The maximum Gasteiger partial charge on any atom is 0.320 e. The summed E-state index contributed by atoms with van der Waals surface area (Å²) in [6.45, 7) is 2.45. The molecule has 0 aliphatic rings. The number of nitrogens with zero attached hydrogens (tertiary/aromatic N) is 3. The fraction of sp³-hybridized carbons (Fsp3) is 0.375. The van der Waals surface area contributed by atoms with Crippen LogP contribution in [0.5, 0.6) is 11.5 Å². The second-order valence-electron chi connectivity index (χ2n) is 5.15. The van der Waals surface area contributed by atoms with Gasteiger partial charge in [-0.15, -0.1) is 0 Å². The predicted molar refractivity (Wildman–Crippen MR) is 90.1 cm³/mol. The number of aryl methyl sites for hydroxylation is 1. The molecule has 1 amide bonds. The summed E-state index contributed by atoms with van der Waals surface area (Å²) in [5.41, 5.74) is 0.599. The van der Waals surface area contributed by atoms with Crippen LogP contribution < -0.4 is 14.8 Å². The number of benzene rings is 1. The van der Waals surface area contributed by atoms with Crippen molar-refractivity contribution in [1.29, 1.82) is 0 Å². The van der Waals surface area contributed by atoms with Gasteiger partial charge in [-0.3, -0.25) is 19.6 Å². The molecule has 0 radical (unpaired) electrons. The molecule has 9 heteroatoms. The van der Waals surface area contributed by atoms with Crippen LogP contribution in [0.25, 0.3) is 0 Å². The van der Waals surface area contributed by atoms with Gasteiger partial charge in [0, 0.05) is 13.1 Å². The average molecular weight is 348 g/mol. The smallest absolute Gasteiger partial charge is 0.320 e. The van der Waals surface area contributed by atoms with Gasteiger partial charge in [-0.2, -0.15) is 5.10 Å². The lowest BCUT2D eigenvalue weighted by Crippen LogP contribution is -2.28. The number of hydrogen-bond donors (Lipinski definition) is 1. The number of rotatable bonds is 8. The summed E-state index contributed by atoms with van der Waals surface area (Å²) in [6.07, 6.45) is 1.63. The molecule has 1 aromatic carbocycles. The first kappa shape index (κ1) is 18.2. The Morgan fingerprint density at radius 2 is 2.04 bits per heavy atom. The van der Waals surface area contributed by atoms with Gasteiger partial charge in [0.15, 0.2) is 11.5 Å². The van der Waals surface area contributed by atoms with Crippen LogP contribution in [0.3, 0.4) is 0 Å². The Balaban J connectivity index is 2.04. The van der Waals surface area contributed by atoms with Gasteiger partial charge in [-0.25, -0.2) is 0 Å². The number of methoxy groups -OCH3 is 2. The van der Waals surface area contributed by atoms with Crippen LogP contribution in [0.1, 0.15) is 23.0 Å². The molecule has 1 heterocycles. The number of amides is 1. The minimum absolute atomic E-state index is 0.0418. The number of carbonyl (C=O) groups excluding carboxylic acids is 1. The fourth-order valence-corrected chi connectivity index (χ4v) is 2.42. The minimum atomic E-state index is -0.609. The molecule has 0 aliphatic carbocycles. The van der Waals surface area contributed by atoms with E-state index < -0.39 is 10.8 Å². The monoisotopic (exact) mass is 348 g/mol. The summed E-state index contributed by atoms with van der Waals surface area (Å²) in [6, 6.07) is 5.48. The van der Waals surface area contributed by atoms with Crippen LogP contribution in [0, 0.1) is 10.1 Å². The molecule has 0 unspecified atom stereocenters. The number of carbonyl (C=O) groups is 1. The molecular formula is C16H20N4O5. The van der Waals surface area contributed by atoms with Crippen molar-refractivity contribution in [3.8, 4) is 11.5 Å². The van der Waals surface area contributed by atoms with Crippen LogP contribution in [0.15, 0.2) is 24.4 Å². The Hall–Kier alpha value is -3.10. The standard InChI is InChI=1S/C16H20N4O5/c1-4-19-15(12(10-18-19)20(22)23)16(21)17-8-7-11-5-6-13(24-2)14(9-11)25-3/h5-6,9-10H,4,7-8H2,1-3H3,(H,17,21). The molecule has 1 N–H and O–H groups in total. The van der Waals surface area contributed by atoms with Crippen molar-refractivity contribution in [1.82, 2.24) is 15.1 Å². The third-order valence-electron chi connectivity index (χ3n) is 3.68. The van der Waals surface area contributed by atoms with Gasteiger partial charge in [-0.1, -0.05) is 6.07 Å². The first-order valence-electron chi connectivity index (χ1n) is 7.71. The third-order valence-corrected chi connectivity index (χ3v) is 3.68. The third kappa shape index (κ3) is 4.06. The molecule has 0 bridgehead atoms. The fourth-order valence-electron chi connectivity index (χ4n) is 2.42. The van der Waals surface area contributed by atoms with E-state index in [1.54, 1.807) is 27.2 Å². The molecule has 2 aromatic rings.